The Balaban J connectivity index is 1.77. The van der Waals surface area contributed by atoms with E-state index in [-0.39, 0.29) is 0 Å². The van der Waals surface area contributed by atoms with Crippen LogP contribution in [0.5, 0.6) is 0 Å². The monoisotopic (exact) mass is 336 g/mol. The molecule has 0 spiro atoms. The lowest BCUT2D eigenvalue weighted by Gasteiger charge is -2.36. The summed E-state index contributed by atoms with van der Waals surface area (Å²) in [5.74, 6) is 0. The Morgan fingerprint density at radius 1 is 0.538 bits per heavy atom. The van der Waals surface area contributed by atoms with Gasteiger partial charge in [-0.3, -0.25) is 0 Å². The number of hydrogen-bond donors (Lipinski definition) is 0. The van der Waals surface area contributed by atoms with E-state index in [0.717, 1.165) is 11.1 Å². The first-order valence-electron chi connectivity index (χ1n) is 8.81. The molecule has 2 nitrogen and oxygen atoms in total. The van der Waals surface area contributed by atoms with Gasteiger partial charge < -0.3 is 9.80 Å². The van der Waals surface area contributed by atoms with Gasteiger partial charge in [-0.1, -0.05) is 49.6 Å². The van der Waals surface area contributed by atoms with Crippen molar-refractivity contribution in [3.8, 4) is 0 Å². The highest BCUT2D eigenvalue weighted by Crippen LogP contribution is 2.50. The first-order valence-corrected chi connectivity index (χ1v) is 8.81. The lowest BCUT2D eigenvalue weighted by atomic mass is 9.85. The first-order chi connectivity index (χ1) is 12.6. The van der Waals surface area contributed by atoms with E-state index in [2.05, 4.69) is 97.7 Å². The van der Waals surface area contributed by atoms with Gasteiger partial charge in [-0.25, -0.2) is 0 Å². The third kappa shape index (κ3) is 1.81. The molecule has 2 aliphatic rings. The lowest BCUT2D eigenvalue weighted by Crippen LogP contribution is -2.22. The van der Waals surface area contributed by atoms with E-state index in [4.69, 9.17) is 0 Å². The predicted molar refractivity (Wildman–Crippen MR) is 112 cm³/mol. The second-order valence-electron chi connectivity index (χ2n) is 7.00. The maximum Gasteiger partial charge on any atom is 0.0495 e. The number of hydrogen-bond acceptors (Lipinski definition) is 2. The minimum atomic E-state index is 1.08. The average Bonchev–Trinajstić information content (AvgIpc) is 2.69. The molecule has 2 heteroatoms. The Morgan fingerprint density at radius 3 is 1.35 bits per heavy atom. The van der Waals surface area contributed by atoms with Gasteiger partial charge in [-0.2, -0.15) is 0 Å². The molecule has 0 saturated heterocycles. The van der Waals surface area contributed by atoms with E-state index in [1.807, 2.05) is 0 Å². The number of rotatable bonds is 0. The van der Waals surface area contributed by atoms with Crippen molar-refractivity contribution in [2.75, 3.05) is 23.9 Å². The molecule has 0 fully saturated rings. The topological polar surface area (TPSA) is 6.48 Å². The Bertz CT molecular complexity index is 1020. The quantitative estimate of drug-likeness (QED) is 0.499. The van der Waals surface area contributed by atoms with Crippen LogP contribution in [0.15, 0.2) is 73.8 Å². The molecule has 0 bridgehead atoms. The third-order valence-electron chi connectivity index (χ3n) is 5.67. The lowest BCUT2D eigenvalue weighted by molar-refractivity contribution is 1.14. The van der Waals surface area contributed by atoms with Crippen LogP contribution in [-0.2, 0) is 0 Å². The summed E-state index contributed by atoms with van der Waals surface area (Å²) in [5, 5.41) is 0. The van der Waals surface area contributed by atoms with Crippen LogP contribution in [0.4, 0.5) is 22.7 Å². The van der Waals surface area contributed by atoms with Gasteiger partial charge in [0.15, 0.2) is 0 Å². The fraction of sp³-hybridized carbons (Fsp3) is 0.0833. The second-order valence-corrected chi connectivity index (χ2v) is 7.00. The predicted octanol–water partition coefficient (Wildman–Crippen LogP) is 5.97. The Labute approximate surface area is 154 Å². The van der Waals surface area contributed by atoms with E-state index < -0.39 is 0 Å². The minimum Gasteiger partial charge on any atom is -0.344 e. The zero-order valence-corrected chi connectivity index (χ0v) is 15.1. The summed E-state index contributed by atoms with van der Waals surface area (Å²) in [6.45, 7) is 8.80. The van der Waals surface area contributed by atoms with Crippen LogP contribution in [0.3, 0.4) is 0 Å². The highest BCUT2D eigenvalue weighted by molar-refractivity contribution is 6.03. The molecule has 3 aromatic rings. The van der Waals surface area contributed by atoms with E-state index in [9.17, 15) is 0 Å². The van der Waals surface area contributed by atoms with Crippen molar-refractivity contribution in [1.29, 1.82) is 0 Å². The van der Waals surface area contributed by atoms with Gasteiger partial charge in [-0.15, -0.1) is 0 Å². The van der Waals surface area contributed by atoms with Crippen molar-refractivity contribution in [3.63, 3.8) is 0 Å². The van der Waals surface area contributed by atoms with Gasteiger partial charge in [0.25, 0.3) is 0 Å². The first kappa shape index (κ1) is 15.0. The molecule has 26 heavy (non-hydrogen) atoms. The highest BCUT2D eigenvalue weighted by atomic mass is 15.1. The summed E-state index contributed by atoms with van der Waals surface area (Å²) in [6, 6.07) is 21.4. The zero-order valence-electron chi connectivity index (χ0n) is 15.1. The summed E-state index contributed by atoms with van der Waals surface area (Å²) in [5.41, 5.74) is 11.7. The molecule has 0 saturated carbocycles. The molecule has 0 atom stereocenters. The molecule has 0 aliphatic carbocycles. The molecule has 126 valence electrons. The maximum absolute atomic E-state index is 4.40. The number of anilines is 4. The van der Waals surface area contributed by atoms with Crippen molar-refractivity contribution in [2.45, 2.75) is 0 Å². The SMILES string of the molecule is C=C1c2ccccc2N(C)c2cc3c(cc21)N(C)c1ccccc1C3=C. The van der Waals surface area contributed by atoms with Crippen LogP contribution >= 0.6 is 0 Å². The summed E-state index contributed by atoms with van der Waals surface area (Å²) in [4.78, 5) is 4.51. The van der Waals surface area contributed by atoms with Gasteiger partial charge in [-0.05, 0) is 35.4 Å². The number of fused-ring (bicyclic) bond motifs is 4. The molecule has 0 unspecified atom stereocenters. The normalized spacial score (nSPS) is 14.5. The van der Waals surface area contributed by atoms with Crippen molar-refractivity contribution in [2.24, 2.45) is 0 Å². The van der Waals surface area contributed by atoms with Crippen LogP contribution < -0.4 is 9.80 Å². The van der Waals surface area contributed by atoms with Crippen molar-refractivity contribution >= 4 is 33.9 Å². The van der Waals surface area contributed by atoms with Gasteiger partial charge in [0.2, 0.25) is 0 Å². The smallest absolute Gasteiger partial charge is 0.0495 e. The number of nitrogens with zero attached hydrogens (tertiary/aromatic N) is 2. The Morgan fingerprint density at radius 2 is 0.923 bits per heavy atom. The molecule has 0 radical (unpaired) electrons. The minimum absolute atomic E-state index is 1.08. The summed E-state index contributed by atoms with van der Waals surface area (Å²) >= 11 is 0. The molecule has 2 aliphatic heterocycles. The maximum atomic E-state index is 4.40. The van der Waals surface area contributed by atoms with Crippen molar-refractivity contribution in [3.05, 3.63) is 96.1 Å². The van der Waals surface area contributed by atoms with Gasteiger partial charge in [0.1, 0.15) is 0 Å². The van der Waals surface area contributed by atoms with E-state index in [0.29, 0.717) is 0 Å². The molecular formula is C24H20N2. The fourth-order valence-corrected chi connectivity index (χ4v) is 4.21. The summed E-state index contributed by atoms with van der Waals surface area (Å²) in [6.07, 6.45) is 0. The molecule has 0 aromatic heterocycles. The number of para-hydroxylation sites is 2. The van der Waals surface area contributed by atoms with Gasteiger partial charge >= 0.3 is 0 Å². The highest BCUT2D eigenvalue weighted by Gasteiger charge is 2.29. The van der Waals surface area contributed by atoms with Crippen LogP contribution in [0.2, 0.25) is 0 Å². The fourth-order valence-electron chi connectivity index (χ4n) is 4.21. The Hall–Kier alpha value is -3.26. The van der Waals surface area contributed by atoms with Crippen LogP contribution in [0, 0.1) is 0 Å². The average molecular weight is 336 g/mol. The molecule has 2 heterocycles. The molecule has 0 N–H and O–H groups in total. The zero-order chi connectivity index (χ0) is 18.0. The number of benzene rings is 3. The molecule has 5 rings (SSSR count). The van der Waals surface area contributed by atoms with E-state index in [1.165, 1.54) is 45.0 Å². The van der Waals surface area contributed by atoms with Crippen molar-refractivity contribution < 1.29 is 0 Å². The summed E-state index contributed by atoms with van der Waals surface area (Å²) < 4.78 is 0. The Kier molecular flexibility index (Phi) is 2.96. The second kappa shape index (κ2) is 5.12. The van der Waals surface area contributed by atoms with Crippen LogP contribution in [0.25, 0.3) is 11.1 Å². The largest absolute Gasteiger partial charge is 0.344 e. The van der Waals surface area contributed by atoms with Crippen LogP contribution in [-0.4, -0.2) is 14.1 Å². The standard InChI is InChI=1S/C24H20N2/c1-15-17-9-5-7-11-21(17)25(3)23-14-20-16(2)18-10-6-8-12-22(18)26(4)24(20)13-19(15)23/h5-14H,1-2H2,3-4H3. The molecule has 3 aromatic carbocycles. The van der Waals surface area contributed by atoms with E-state index in [1.54, 1.807) is 0 Å². The van der Waals surface area contributed by atoms with Crippen LogP contribution in [0.1, 0.15) is 22.3 Å². The third-order valence-corrected chi connectivity index (χ3v) is 5.67. The molecular weight excluding hydrogens is 316 g/mol. The summed E-state index contributed by atoms with van der Waals surface area (Å²) in [7, 11) is 4.25. The van der Waals surface area contributed by atoms with Crippen molar-refractivity contribution in [1.82, 2.24) is 0 Å². The van der Waals surface area contributed by atoms with E-state index >= 15 is 0 Å². The van der Waals surface area contributed by atoms with Gasteiger partial charge in [0.05, 0.1) is 0 Å². The van der Waals surface area contributed by atoms with Gasteiger partial charge in [0, 0.05) is 59.1 Å². The molecule has 0 amide bonds.